The van der Waals surface area contributed by atoms with Crippen LogP contribution in [0.5, 0.6) is 0 Å². The van der Waals surface area contributed by atoms with Gasteiger partial charge in [0, 0.05) is 6.04 Å². The summed E-state index contributed by atoms with van der Waals surface area (Å²) in [6.45, 7) is 3.46. The number of rotatable bonds is 5. The number of sulfonamides is 1. The van der Waals surface area contributed by atoms with Gasteiger partial charge in [0.1, 0.15) is 5.82 Å². The third-order valence-electron chi connectivity index (χ3n) is 3.35. The van der Waals surface area contributed by atoms with Gasteiger partial charge < -0.3 is 0 Å². The molecule has 0 fully saturated rings. The van der Waals surface area contributed by atoms with Gasteiger partial charge in [-0.2, -0.15) is 0 Å². The van der Waals surface area contributed by atoms with Crippen molar-refractivity contribution in [2.24, 2.45) is 0 Å². The molecule has 1 atom stereocenters. The molecular formula is C16H18FNO2S. The third kappa shape index (κ3) is 3.68. The smallest absolute Gasteiger partial charge is 0.207 e. The molecule has 5 heteroatoms. The van der Waals surface area contributed by atoms with Crippen molar-refractivity contribution in [2.75, 3.05) is 0 Å². The second-order valence-electron chi connectivity index (χ2n) is 4.90. The molecule has 2 aromatic rings. The quantitative estimate of drug-likeness (QED) is 0.918. The van der Waals surface area contributed by atoms with Gasteiger partial charge in [-0.3, -0.25) is 0 Å². The average molecular weight is 307 g/mol. The summed E-state index contributed by atoms with van der Waals surface area (Å²) >= 11 is 0. The van der Waals surface area contributed by atoms with E-state index in [0.29, 0.717) is 12.0 Å². The van der Waals surface area contributed by atoms with E-state index in [0.717, 1.165) is 5.56 Å². The van der Waals surface area contributed by atoms with Crippen molar-refractivity contribution in [3.63, 3.8) is 0 Å². The van der Waals surface area contributed by atoms with Gasteiger partial charge in [0.25, 0.3) is 0 Å². The molecule has 3 nitrogen and oxygen atoms in total. The predicted octanol–water partition coefficient (Wildman–Crippen LogP) is 3.56. The maximum atomic E-state index is 13.3. The fourth-order valence-electron chi connectivity index (χ4n) is 2.11. The fourth-order valence-corrected chi connectivity index (χ4v) is 3.50. The van der Waals surface area contributed by atoms with Crippen LogP contribution >= 0.6 is 0 Å². The number of hydrogen-bond acceptors (Lipinski definition) is 2. The molecule has 0 saturated carbocycles. The minimum atomic E-state index is -3.68. The van der Waals surface area contributed by atoms with Crippen LogP contribution in [0.25, 0.3) is 0 Å². The Morgan fingerprint density at radius 2 is 1.81 bits per heavy atom. The fraction of sp³-hybridized carbons (Fsp3) is 0.250. The van der Waals surface area contributed by atoms with Gasteiger partial charge in [0.2, 0.25) is 10.0 Å². The highest BCUT2D eigenvalue weighted by molar-refractivity contribution is 7.89. The maximum Gasteiger partial charge on any atom is 0.241 e. The summed E-state index contributed by atoms with van der Waals surface area (Å²) < 4.78 is 40.7. The van der Waals surface area contributed by atoms with Gasteiger partial charge in [0.05, 0.1) is 4.90 Å². The first-order valence-electron chi connectivity index (χ1n) is 6.77. The van der Waals surface area contributed by atoms with Gasteiger partial charge in [-0.1, -0.05) is 37.3 Å². The Labute approximate surface area is 124 Å². The molecule has 0 aliphatic heterocycles. The van der Waals surface area contributed by atoms with Gasteiger partial charge in [0.15, 0.2) is 0 Å². The van der Waals surface area contributed by atoms with E-state index in [9.17, 15) is 12.8 Å². The van der Waals surface area contributed by atoms with Crippen molar-refractivity contribution in [3.8, 4) is 0 Å². The van der Waals surface area contributed by atoms with Crippen LogP contribution in [0.2, 0.25) is 0 Å². The first-order chi connectivity index (χ1) is 9.94. The van der Waals surface area contributed by atoms with E-state index in [4.69, 9.17) is 0 Å². The molecule has 0 spiro atoms. The maximum absolute atomic E-state index is 13.3. The molecule has 0 aliphatic rings. The van der Waals surface area contributed by atoms with Crippen LogP contribution < -0.4 is 4.72 Å². The van der Waals surface area contributed by atoms with E-state index in [1.54, 1.807) is 6.92 Å². The molecule has 0 bridgehead atoms. The lowest BCUT2D eigenvalue weighted by molar-refractivity contribution is 0.549. The van der Waals surface area contributed by atoms with E-state index in [-0.39, 0.29) is 10.9 Å². The highest BCUT2D eigenvalue weighted by Gasteiger charge is 2.20. The molecule has 0 heterocycles. The molecule has 0 radical (unpaired) electrons. The number of benzene rings is 2. The first kappa shape index (κ1) is 15.7. The second-order valence-corrected chi connectivity index (χ2v) is 6.62. The van der Waals surface area contributed by atoms with Crippen LogP contribution in [0, 0.1) is 12.7 Å². The molecule has 0 saturated heterocycles. The summed E-state index contributed by atoms with van der Waals surface area (Å²) in [5.41, 5.74) is 1.22. The Balaban J connectivity index is 2.29. The van der Waals surface area contributed by atoms with Crippen LogP contribution in [-0.4, -0.2) is 8.42 Å². The van der Waals surface area contributed by atoms with E-state index in [2.05, 4.69) is 4.72 Å². The molecule has 21 heavy (non-hydrogen) atoms. The largest absolute Gasteiger partial charge is 0.241 e. The molecule has 2 rings (SSSR count). The van der Waals surface area contributed by atoms with E-state index in [1.165, 1.54) is 18.2 Å². The zero-order chi connectivity index (χ0) is 15.5. The summed E-state index contributed by atoms with van der Waals surface area (Å²) in [4.78, 5) is 0.0794. The van der Waals surface area contributed by atoms with Crippen molar-refractivity contribution >= 4 is 10.0 Å². The first-order valence-corrected chi connectivity index (χ1v) is 8.26. The molecule has 2 aromatic carbocycles. The van der Waals surface area contributed by atoms with Crippen molar-refractivity contribution < 1.29 is 12.8 Å². The highest BCUT2D eigenvalue weighted by atomic mass is 32.2. The summed E-state index contributed by atoms with van der Waals surface area (Å²) in [5, 5.41) is 0. The van der Waals surface area contributed by atoms with Crippen LogP contribution in [0.15, 0.2) is 53.4 Å². The summed E-state index contributed by atoms with van der Waals surface area (Å²) in [6, 6.07) is 12.9. The number of nitrogens with one attached hydrogen (secondary N) is 1. The molecule has 0 aromatic heterocycles. The Hall–Kier alpha value is -1.72. The minimum absolute atomic E-state index is 0.0794. The lowest BCUT2D eigenvalue weighted by Gasteiger charge is -2.17. The van der Waals surface area contributed by atoms with Crippen LogP contribution in [-0.2, 0) is 10.0 Å². The zero-order valence-electron chi connectivity index (χ0n) is 12.0. The normalized spacial score (nSPS) is 13.1. The van der Waals surface area contributed by atoms with Gasteiger partial charge >= 0.3 is 0 Å². The number of aryl methyl sites for hydroxylation is 1. The topological polar surface area (TPSA) is 46.2 Å². The Bertz CT molecular complexity index is 714. The van der Waals surface area contributed by atoms with Crippen molar-refractivity contribution in [3.05, 3.63) is 65.5 Å². The van der Waals surface area contributed by atoms with Crippen molar-refractivity contribution in [1.29, 1.82) is 0 Å². The number of halogens is 1. The minimum Gasteiger partial charge on any atom is -0.207 e. The lowest BCUT2D eigenvalue weighted by atomic mass is 10.1. The Morgan fingerprint density at radius 3 is 2.38 bits per heavy atom. The molecule has 112 valence electrons. The van der Waals surface area contributed by atoms with E-state index >= 15 is 0 Å². The lowest BCUT2D eigenvalue weighted by Crippen LogP contribution is -2.28. The third-order valence-corrected chi connectivity index (χ3v) is 4.82. The summed E-state index contributed by atoms with van der Waals surface area (Å²) in [6.07, 6.45) is 0.628. The SMILES string of the molecule is CCC(NS(=O)(=O)c1ccc(F)c(C)c1)c1ccccc1. The Morgan fingerprint density at radius 1 is 1.14 bits per heavy atom. The molecule has 0 aliphatic carbocycles. The van der Waals surface area contributed by atoms with Gasteiger partial charge in [-0.25, -0.2) is 17.5 Å². The van der Waals surface area contributed by atoms with Crippen LogP contribution in [0.3, 0.4) is 0 Å². The monoisotopic (exact) mass is 307 g/mol. The van der Waals surface area contributed by atoms with Crippen molar-refractivity contribution in [1.82, 2.24) is 4.72 Å². The highest BCUT2D eigenvalue weighted by Crippen LogP contribution is 2.21. The van der Waals surface area contributed by atoms with E-state index in [1.807, 2.05) is 37.3 Å². The molecule has 0 amide bonds. The molecule has 1 unspecified atom stereocenters. The molecular weight excluding hydrogens is 289 g/mol. The Kier molecular flexibility index (Phi) is 4.75. The molecule has 1 N–H and O–H groups in total. The van der Waals surface area contributed by atoms with Crippen LogP contribution in [0.1, 0.15) is 30.5 Å². The zero-order valence-corrected chi connectivity index (χ0v) is 12.8. The summed E-state index contributed by atoms with van der Waals surface area (Å²) in [7, 11) is -3.68. The van der Waals surface area contributed by atoms with E-state index < -0.39 is 15.8 Å². The second kappa shape index (κ2) is 6.37. The predicted molar refractivity (Wildman–Crippen MR) is 80.9 cm³/mol. The standard InChI is InChI=1S/C16H18FNO2S/c1-3-16(13-7-5-4-6-8-13)18-21(19,20)14-9-10-15(17)12(2)11-14/h4-11,16,18H,3H2,1-2H3. The van der Waals surface area contributed by atoms with Crippen molar-refractivity contribution in [2.45, 2.75) is 31.2 Å². The summed E-state index contributed by atoms with van der Waals surface area (Å²) in [5.74, 6) is -0.413. The average Bonchev–Trinajstić information content (AvgIpc) is 2.48. The van der Waals surface area contributed by atoms with Gasteiger partial charge in [-0.05, 0) is 42.7 Å². The number of hydrogen-bond donors (Lipinski definition) is 1. The van der Waals surface area contributed by atoms with Crippen LogP contribution in [0.4, 0.5) is 4.39 Å². The van der Waals surface area contributed by atoms with Gasteiger partial charge in [-0.15, -0.1) is 0 Å².